The zero-order valence-electron chi connectivity index (χ0n) is 18.0. The minimum atomic E-state index is -3.95. The second-order valence-corrected chi connectivity index (χ2v) is 10.8. The van der Waals surface area contributed by atoms with Gasteiger partial charge in [-0.2, -0.15) is 5.09 Å². The van der Waals surface area contributed by atoms with E-state index >= 15 is 0 Å². The SMILES string of the molecule is C[C@H](NP(=O)(OC[C@H]1C(=O)[C@H]2CCN1C2)Oc1ccccc1)C(=O)OCC(C)(C)C. The van der Waals surface area contributed by atoms with Crippen LogP contribution in [0.15, 0.2) is 30.3 Å². The number of hydrogen-bond acceptors (Lipinski definition) is 7. The molecule has 2 heterocycles. The first kappa shape index (κ1) is 22.9. The normalized spacial score (nSPS) is 26.3. The molecule has 9 heteroatoms. The smallest absolute Gasteiger partial charge is 0.459 e. The van der Waals surface area contributed by atoms with Gasteiger partial charge in [-0.05, 0) is 37.4 Å². The molecule has 0 radical (unpaired) electrons. The summed E-state index contributed by atoms with van der Waals surface area (Å²) in [5.74, 6) is -0.0641. The molecule has 1 aromatic rings. The topological polar surface area (TPSA) is 94.2 Å². The molecule has 2 aliphatic rings. The van der Waals surface area contributed by atoms with Gasteiger partial charge in [0.25, 0.3) is 0 Å². The van der Waals surface area contributed by atoms with Crippen molar-refractivity contribution in [2.24, 2.45) is 11.3 Å². The molecule has 3 rings (SSSR count). The average Bonchev–Trinajstić information content (AvgIpc) is 3.26. The number of carbonyl (C=O) groups excluding carboxylic acids is 2. The maximum absolute atomic E-state index is 13.5. The highest BCUT2D eigenvalue weighted by Crippen LogP contribution is 2.46. The van der Waals surface area contributed by atoms with E-state index in [4.69, 9.17) is 13.8 Å². The van der Waals surface area contributed by atoms with Crippen molar-refractivity contribution in [1.29, 1.82) is 0 Å². The second-order valence-electron chi connectivity index (χ2n) is 9.12. The summed E-state index contributed by atoms with van der Waals surface area (Å²) in [6.45, 7) is 9.12. The summed E-state index contributed by atoms with van der Waals surface area (Å²) in [4.78, 5) is 26.8. The van der Waals surface area contributed by atoms with Crippen molar-refractivity contribution in [1.82, 2.24) is 9.99 Å². The van der Waals surface area contributed by atoms with Crippen molar-refractivity contribution in [3.63, 3.8) is 0 Å². The summed E-state index contributed by atoms with van der Waals surface area (Å²) in [6, 6.07) is 7.23. The molecule has 2 saturated heterocycles. The van der Waals surface area contributed by atoms with Gasteiger partial charge >= 0.3 is 13.7 Å². The molecule has 0 aliphatic carbocycles. The Morgan fingerprint density at radius 3 is 2.60 bits per heavy atom. The van der Waals surface area contributed by atoms with Crippen molar-refractivity contribution in [2.45, 2.75) is 46.2 Å². The standard InChI is InChI=1S/C21H31N2O6P/c1-15(20(25)27-14-21(2,3)4)22-30(26,29-17-8-6-5-7-9-17)28-13-18-19(24)16-10-11-23(18)12-16/h5-9,15-16,18H,10-14H2,1-4H3,(H,22,26)/t15-,16-,18-,30?/m0/s1. The van der Waals surface area contributed by atoms with E-state index < -0.39 is 25.8 Å². The largest absolute Gasteiger partial charge is 0.464 e. The molecule has 1 N–H and O–H groups in total. The third-order valence-corrected chi connectivity index (χ3v) is 6.76. The Balaban J connectivity index is 1.67. The molecule has 2 bridgehead atoms. The van der Waals surface area contributed by atoms with Gasteiger partial charge in [0.15, 0.2) is 5.78 Å². The molecular weight excluding hydrogens is 407 g/mol. The first-order valence-corrected chi connectivity index (χ1v) is 11.8. The van der Waals surface area contributed by atoms with E-state index in [1.54, 1.807) is 37.3 Å². The molecule has 5 atom stereocenters. The van der Waals surface area contributed by atoms with Crippen LogP contribution in [0.4, 0.5) is 0 Å². The van der Waals surface area contributed by atoms with Crippen molar-refractivity contribution in [3.8, 4) is 5.75 Å². The van der Waals surface area contributed by atoms with Gasteiger partial charge in [0, 0.05) is 12.5 Å². The number of para-hydroxylation sites is 1. The first-order chi connectivity index (χ1) is 14.1. The summed E-state index contributed by atoms with van der Waals surface area (Å²) in [5, 5.41) is 2.67. The summed E-state index contributed by atoms with van der Waals surface area (Å²) in [5.41, 5.74) is -0.188. The third-order valence-electron chi connectivity index (χ3n) is 5.12. The van der Waals surface area contributed by atoms with Crippen molar-refractivity contribution in [2.75, 3.05) is 26.3 Å². The van der Waals surface area contributed by atoms with Crippen molar-refractivity contribution >= 4 is 19.5 Å². The van der Waals surface area contributed by atoms with E-state index in [1.807, 2.05) is 25.7 Å². The van der Waals surface area contributed by atoms with Crippen LogP contribution < -0.4 is 9.61 Å². The van der Waals surface area contributed by atoms with Crippen LogP contribution in [0.3, 0.4) is 0 Å². The van der Waals surface area contributed by atoms with E-state index in [9.17, 15) is 14.2 Å². The summed E-state index contributed by atoms with van der Waals surface area (Å²) >= 11 is 0. The van der Waals surface area contributed by atoms with E-state index in [0.717, 1.165) is 19.5 Å². The molecule has 166 valence electrons. The van der Waals surface area contributed by atoms with Gasteiger partial charge in [-0.1, -0.05) is 39.0 Å². The number of esters is 1. The van der Waals surface area contributed by atoms with E-state index in [0.29, 0.717) is 5.75 Å². The number of benzene rings is 1. The maximum Gasteiger partial charge on any atom is 0.459 e. The molecule has 0 saturated carbocycles. The quantitative estimate of drug-likeness (QED) is 0.465. The predicted molar refractivity (Wildman–Crippen MR) is 112 cm³/mol. The lowest BCUT2D eigenvalue weighted by Crippen LogP contribution is -2.41. The third kappa shape index (κ3) is 5.91. The summed E-state index contributed by atoms with van der Waals surface area (Å²) in [7, 11) is -3.95. The highest BCUT2D eigenvalue weighted by Gasteiger charge is 2.46. The minimum Gasteiger partial charge on any atom is -0.464 e. The number of carbonyl (C=O) groups is 2. The zero-order valence-corrected chi connectivity index (χ0v) is 18.9. The predicted octanol–water partition coefficient (Wildman–Crippen LogP) is 3.03. The van der Waals surface area contributed by atoms with Gasteiger partial charge in [-0.25, -0.2) is 4.57 Å². The summed E-state index contributed by atoms with van der Waals surface area (Å²) < 4.78 is 30.1. The van der Waals surface area contributed by atoms with Gasteiger partial charge < -0.3 is 9.26 Å². The fourth-order valence-corrected chi connectivity index (χ4v) is 5.02. The fourth-order valence-electron chi connectivity index (χ4n) is 3.52. The highest BCUT2D eigenvalue weighted by atomic mass is 31.2. The molecule has 2 fully saturated rings. The molecule has 0 aromatic heterocycles. The van der Waals surface area contributed by atoms with Crippen LogP contribution >= 0.6 is 7.75 Å². The van der Waals surface area contributed by atoms with Crippen molar-refractivity contribution < 1.29 is 27.9 Å². The lowest BCUT2D eigenvalue weighted by Gasteiger charge is -2.27. The highest BCUT2D eigenvalue weighted by molar-refractivity contribution is 7.52. The fraction of sp³-hybridized carbons (Fsp3) is 0.619. The van der Waals surface area contributed by atoms with Crippen molar-refractivity contribution in [3.05, 3.63) is 30.3 Å². The zero-order chi connectivity index (χ0) is 21.9. The van der Waals surface area contributed by atoms with E-state index in [2.05, 4.69) is 5.09 Å². The lowest BCUT2D eigenvalue weighted by molar-refractivity contribution is -0.148. The number of piperidine rings is 1. The number of ether oxygens (including phenoxy) is 1. The van der Waals surface area contributed by atoms with Gasteiger partial charge in [-0.15, -0.1) is 0 Å². The Bertz CT molecular complexity index is 809. The van der Waals surface area contributed by atoms with E-state index in [-0.39, 0.29) is 30.3 Å². The molecular formula is C21H31N2O6P. The molecule has 2 aliphatic heterocycles. The van der Waals surface area contributed by atoms with Gasteiger partial charge in [0.1, 0.15) is 11.8 Å². The number of fused-ring (bicyclic) bond motifs is 2. The Labute approximate surface area is 177 Å². The van der Waals surface area contributed by atoms with Crippen LogP contribution in [0.2, 0.25) is 0 Å². The molecule has 0 amide bonds. The molecule has 0 spiro atoms. The van der Waals surface area contributed by atoms with Crippen LogP contribution in [0.25, 0.3) is 0 Å². The number of rotatable bonds is 9. The van der Waals surface area contributed by atoms with E-state index in [1.165, 1.54) is 0 Å². The van der Waals surface area contributed by atoms with Crippen LogP contribution in [-0.2, 0) is 23.4 Å². The monoisotopic (exact) mass is 438 g/mol. The second kappa shape index (κ2) is 9.18. The Morgan fingerprint density at radius 1 is 1.30 bits per heavy atom. The molecule has 2 unspecified atom stereocenters. The first-order valence-electron chi connectivity index (χ1n) is 10.3. The summed E-state index contributed by atoms with van der Waals surface area (Å²) in [6.07, 6.45) is 0.864. The van der Waals surface area contributed by atoms with Crippen LogP contribution in [0.5, 0.6) is 5.75 Å². The van der Waals surface area contributed by atoms with Crippen LogP contribution in [-0.4, -0.2) is 55.0 Å². The Morgan fingerprint density at radius 2 is 2.00 bits per heavy atom. The Kier molecular flexibility index (Phi) is 7.02. The molecule has 30 heavy (non-hydrogen) atoms. The molecule has 1 aromatic carbocycles. The van der Waals surface area contributed by atoms with Gasteiger partial charge in [0.2, 0.25) is 0 Å². The Hall–Kier alpha value is -1.73. The number of Topliss-reactive ketones (excluding diaryl/α,β-unsaturated/α-hetero) is 1. The number of nitrogens with zero attached hydrogens (tertiary/aromatic N) is 1. The van der Waals surface area contributed by atoms with Gasteiger partial charge in [-0.3, -0.25) is 19.0 Å². The minimum absolute atomic E-state index is 0.0345. The van der Waals surface area contributed by atoms with Gasteiger partial charge in [0.05, 0.1) is 19.3 Å². The van der Waals surface area contributed by atoms with Crippen LogP contribution in [0, 0.1) is 11.3 Å². The molecule has 8 nitrogen and oxygen atoms in total. The lowest BCUT2D eigenvalue weighted by atomic mass is 9.99. The maximum atomic E-state index is 13.5. The average molecular weight is 438 g/mol. The van der Waals surface area contributed by atoms with Crippen LogP contribution in [0.1, 0.15) is 34.1 Å². The number of nitrogens with one attached hydrogen (secondary N) is 1. The number of hydrogen-bond donors (Lipinski definition) is 1. The number of ketones is 1.